The molecule has 0 aliphatic carbocycles. The van der Waals surface area contributed by atoms with Crippen LogP contribution >= 0.6 is 0 Å². The number of benzene rings is 1. The lowest BCUT2D eigenvalue weighted by molar-refractivity contribution is -0.0284. The molecule has 5 nitrogen and oxygen atoms in total. The number of aliphatic imine (C=N–C) groups is 1. The first-order valence-corrected chi connectivity index (χ1v) is 9.19. The van der Waals surface area contributed by atoms with Gasteiger partial charge in [0.2, 0.25) is 0 Å². The molecule has 146 valence electrons. The quantitative estimate of drug-likeness (QED) is 0.571. The highest BCUT2D eigenvalue weighted by atomic mass is 19.1. The van der Waals surface area contributed by atoms with Crippen LogP contribution < -0.4 is 10.6 Å². The molecule has 0 aromatic heterocycles. The van der Waals surface area contributed by atoms with Crippen LogP contribution in [0.25, 0.3) is 0 Å². The van der Waals surface area contributed by atoms with Crippen molar-refractivity contribution < 1.29 is 13.5 Å². The molecule has 1 aliphatic rings. The minimum atomic E-state index is -0.553. The number of ether oxygens (including phenoxy) is 1. The van der Waals surface area contributed by atoms with Gasteiger partial charge in [0.15, 0.2) is 5.96 Å². The molecule has 1 atom stereocenters. The molecule has 2 N–H and O–H groups in total. The van der Waals surface area contributed by atoms with Gasteiger partial charge in [-0.1, -0.05) is 13.8 Å². The number of halogens is 2. The molecule has 26 heavy (non-hydrogen) atoms. The van der Waals surface area contributed by atoms with Gasteiger partial charge in [-0.2, -0.15) is 0 Å². The van der Waals surface area contributed by atoms with E-state index >= 15 is 0 Å². The molecule has 0 radical (unpaired) electrons. The number of nitrogens with one attached hydrogen (secondary N) is 2. The summed E-state index contributed by atoms with van der Waals surface area (Å²) in [5.74, 6) is 0.195. The zero-order chi connectivity index (χ0) is 18.9. The van der Waals surface area contributed by atoms with Gasteiger partial charge in [-0.15, -0.1) is 0 Å². The van der Waals surface area contributed by atoms with Gasteiger partial charge < -0.3 is 15.4 Å². The van der Waals surface area contributed by atoms with Crippen LogP contribution in [0.15, 0.2) is 23.2 Å². The Morgan fingerprint density at radius 2 is 2.00 bits per heavy atom. The summed E-state index contributed by atoms with van der Waals surface area (Å²) in [6.07, 6.45) is 0.635. The summed E-state index contributed by atoms with van der Waals surface area (Å²) in [6, 6.07) is 3.57. The molecule has 1 fully saturated rings. The molecule has 1 saturated heterocycles. The fraction of sp³-hybridized carbons (Fsp3) is 0.632. The Morgan fingerprint density at radius 1 is 1.27 bits per heavy atom. The van der Waals surface area contributed by atoms with E-state index in [0.717, 1.165) is 32.3 Å². The first-order valence-electron chi connectivity index (χ1n) is 9.19. The third kappa shape index (κ3) is 7.25. The van der Waals surface area contributed by atoms with Crippen molar-refractivity contribution in [2.24, 2.45) is 10.9 Å². The third-order valence-electron chi connectivity index (χ3n) is 4.20. The van der Waals surface area contributed by atoms with Crippen LogP contribution in [0.2, 0.25) is 0 Å². The Hall–Kier alpha value is -1.73. The fourth-order valence-corrected chi connectivity index (χ4v) is 3.10. The topological polar surface area (TPSA) is 48.9 Å². The van der Waals surface area contributed by atoms with E-state index < -0.39 is 11.6 Å². The molecule has 2 rings (SSSR count). The second-order valence-corrected chi connectivity index (χ2v) is 7.05. The summed E-state index contributed by atoms with van der Waals surface area (Å²) in [4.78, 5) is 6.61. The molecule has 0 spiro atoms. The molecule has 0 bridgehead atoms. The highest BCUT2D eigenvalue weighted by Crippen LogP contribution is 2.09. The summed E-state index contributed by atoms with van der Waals surface area (Å²) in [5, 5.41) is 6.43. The second kappa shape index (κ2) is 10.4. The highest BCUT2D eigenvalue weighted by molar-refractivity contribution is 5.79. The van der Waals surface area contributed by atoms with Crippen LogP contribution in [0, 0.1) is 17.6 Å². The zero-order valence-electron chi connectivity index (χ0n) is 15.9. The van der Waals surface area contributed by atoms with Crippen molar-refractivity contribution in [3.05, 3.63) is 35.4 Å². The first kappa shape index (κ1) is 20.6. The van der Waals surface area contributed by atoms with Gasteiger partial charge >= 0.3 is 0 Å². The van der Waals surface area contributed by atoms with Crippen molar-refractivity contribution in [1.82, 2.24) is 15.5 Å². The lowest BCUT2D eigenvalue weighted by Gasteiger charge is -2.34. The zero-order valence-corrected chi connectivity index (χ0v) is 15.9. The number of guanidine groups is 1. The maximum atomic E-state index is 13.2. The molecule has 0 amide bonds. The number of hydrogen-bond donors (Lipinski definition) is 2. The van der Waals surface area contributed by atoms with E-state index in [0.29, 0.717) is 37.0 Å². The van der Waals surface area contributed by atoms with Crippen molar-refractivity contribution in [3.63, 3.8) is 0 Å². The maximum absolute atomic E-state index is 13.2. The lowest BCUT2D eigenvalue weighted by atomic mass is 10.1. The maximum Gasteiger partial charge on any atom is 0.191 e. The Bertz CT molecular complexity index is 575. The Morgan fingerprint density at radius 3 is 2.65 bits per heavy atom. The molecule has 1 aliphatic heterocycles. The van der Waals surface area contributed by atoms with Gasteiger partial charge in [-0.25, -0.2) is 8.78 Å². The van der Waals surface area contributed by atoms with Crippen molar-refractivity contribution in [3.8, 4) is 0 Å². The van der Waals surface area contributed by atoms with Crippen LogP contribution in [-0.4, -0.2) is 63.3 Å². The van der Waals surface area contributed by atoms with Gasteiger partial charge in [0, 0.05) is 45.8 Å². The first-order chi connectivity index (χ1) is 12.5. The monoisotopic (exact) mass is 368 g/mol. The van der Waals surface area contributed by atoms with Crippen LogP contribution in [0.3, 0.4) is 0 Å². The molecule has 1 heterocycles. The van der Waals surface area contributed by atoms with Crippen LogP contribution in [-0.2, 0) is 11.2 Å². The minimum absolute atomic E-state index is 0.123. The number of hydrogen-bond acceptors (Lipinski definition) is 3. The van der Waals surface area contributed by atoms with E-state index in [1.54, 1.807) is 7.05 Å². The molecule has 7 heteroatoms. The fourth-order valence-electron chi connectivity index (χ4n) is 3.10. The van der Waals surface area contributed by atoms with E-state index in [1.807, 2.05) is 0 Å². The van der Waals surface area contributed by atoms with Gasteiger partial charge in [0.25, 0.3) is 0 Å². The predicted molar refractivity (Wildman–Crippen MR) is 100 cm³/mol. The third-order valence-corrected chi connectivity index (χ3v) is 4.20. The summed E-state index contributed by atoms with van der Waals surface area (Å²) in [5.41, 5.74) is 0.616. The predicted octanol–water partition coefficient (Wildman–Crippen LogP) is 2.03. The van der Waals surface area contributed by atoms with E-state index in [1.165, 1.54) is 12.1 Å². The van der Waals surface area contributed by atoms with Crippen molar-refractivity contribution >= 4 is 5.96 Å². The SMILES string of the molecule is CN=C(NCCc1cc(F)cc(F)c1)NCC1CN(CC(C)C)CCO1. The van der Waals surface area contributed by atoms with Gasteiger partial charge in [0.05, 0.1) is 12.7 Å². The largest absolute Gasteiger partial charge is 0.374 e. The Labute approximate surface area is 154 Å². The van der Waals surface area contributed by atoms with Crippen LogP contribution in [0.4, 0.5) is 8.78 Å². The molecular formula is C19H30F2N4O. The average molecular weight is 368 g/mol. The van der Waals surface area contributed by atoms with E-state index in [-0.39, 0.29) is 6.10 Å². The van der Waals surface area contributed by atoms with E-state index in [2.05, 4.69) is 34.4 Å². The molecule has 1 aromatic carbocycles. The normalized spacial score (nSPS) is 19.0. The van der Waals surface area contributed by atoms with Gasteiger partial charge in [-0.3, -0.25) is 9.89 Å². The Kier molecular flexibility index (Phi) is 8.25. The number of rotatable bonds is 7. The van der Waals surface area contributed by atoms with Crippen molar-refractivity contribution in [2.45, 2.75) is 26.4 Å². The highest BCUT2D eigenvalue weighted by Gasteiger charge is 2.21. The van der Waals surface area contributed by atoms with Crippen molar-refractivity contribution in [2.75, 3.05) is 46.4 Å². The summed E-state index contributed by atoms with van der Waals surface area (Å²) in [7, 11) is 1.70. The summed E-state index contributed by atoms with van der Waals surface area (Å²) >= 11 is 0. The van der Waals surface area contributed by atoms with E-state index in [4.69, 9.17) is 4.74 Å². The Balaban J connectivity index is 1.72. The van der Waals surface area contributed by atoms with Crippen molar-refractivity contribution in [1.29, 1.82) is 0 Å². The van der Waals surface area contributed by atoms with Crippen LogP contribution in [0.1, 0.15) is 19.4 Å². The summed E-state index contributed by atoms with van der Waals surface area (Å²) in [6.45, 7) is 9.36. The lowest BCUT2D eigenvalue weighted by Crippen LogP contribution is -2.50. The molecule has 1 aromatic rings. The standard InChI is InChI=1S/C19H30F2N4O/c1-14(2)12-25-6-7-26-18(13-25)11-24-19(22-3)23-5-4-15-8-16(20)10-17(21)9-15/h8-10,14,18H,4-7,11-13H2,1-3H3,(H2,22,23,24). The number of morpholine rings is 1. The van der Waals surface area contributed by atoms with Crippen LogP contribution in [0.5, 0.6) is 0 Å². The van der Waals surface area contributed by atoms with E-state index in [9.17, 15) is 8.78 Å². The van der Waals surface area contributed by atoms with Gasteiger partial charge in [-0.05, 0) is 30.0 Å². The van der Waals surface area contributed by atoms with Gasteiger partial charge in [0.1, 0.15) is 11.6 Å². The number of nitrogens with zero attached hydrogens (tertiary/aromatic N) is 2. The smallest absolute Gasteiger partial charge is 0.191 e. The molecular weight excluding hydrogens is 338 g/mol. The minimum Gasteiger partial charge on any atom is -0.374 e. The second-order valence-electron chi connectivity index (χ2n) is 7.05. The molecule has 1 unspecified atom stereocenters. The molecule has 0 saturated carbocycles. The average Bonchev–Trinajstić information content (AvgIpc) is 2.57. The summed E-state index contributed by atoms with van der Waals surface area (Å²) < 4.78 is 32.2.